The highest BCUT2D eigenvalue weighted by Crippen LogP contribution is 2.41. The molecule has 0 fully saturated rings. The molecule has 0 unspecified atom stereocenters. The lowest BCUT2D eigenvalue weighted by Gasteiger charge is -2.33. The average Bonchev–Trinajstić information content (AvgIpc) is 2.29. The van der Waals surface area contributed by atoms with Gasteiger partial charge >= 0.3 is 0 Å². The average molecular weight is 186 g/mol. The molecule has 1 aliphatic carbocycles. The molecular weight excluding hydrogens is 172 g/mol. The number of rotatable bonds is 0. The lowest BCUT2D eigenvalue weighted by Crippen LogP contribution is -2.26. The molecule has 0 aromatic heterocycles. The zero-order valence-electron chi connectivity index (χ0n) is 8.15. The summed E-state index contributed by atoms with van der Waals surface area (Å²) in [5.74, 6) is 2.39. The van der Waals surface area contributed by atoms with Crippen molar-refractivity contribution in [3.63, 3.8) is 0 Å². The third kappa shape index (κ3) is 1.16. The number of benzene rings is 1. The first-order chi connectivity index (χ1) is 6.95. The molecular formula is C13H14O. The Labute approximate surface area is 84.4 Å². The summed E-state index contributed by atoms with van der Waals surface area (Å²) in [5, 5.41) is 0. The van der Waals surface area contributed by atoms with Gasteiger partial charge in [0.15, 0.2) is 0 Å². The Bertz CT molecular complexity index is 367. The lowest BCUT2D eigenvalue weighted by atomic mass is 9.78. The third-order valence-electron chi connectivity index (χ3n) is 3.29. The van der Waals surface area contributed by atoms with Crippen LogP contribution in [0, 0.1) is 5.92 Å². The Hall–Kier alpha value is -1.24. The fraction of sp³-hybridized carbons (Fsp3) is 0.385. The summed E-state index contributed by atoms with van der Waals surface area (Å²) in [6.45, 7) is 0.895. The SMILES string of the molecule is C1=C[C@H]2c3ccccc3OC[C@@H]2CC1. The first-order valence-corrected chi connectivity index (χ1v) is 5.33. The molecule has 1 heteroatoms. The first kappa shape index (κ1) is 8.10. The van der Waals surface area contributed by atoms with Gasteiger partial charge in [-0.15, -0.1) is 0 Å². The molecule has 1 aromatic carbocycles. The van der Waals surface area contributed by atoms with E-state index in [0.717, 1.165) is 12.4 Å². The summed E-state index contributed by atoms with van der Waals surface area (Å²) < 4.78 is 5.76. The van der Waals surface area contributed by atoms with Gasteiger partial charge < -0.3 is 4.74 Å². The van der Waals surface area contributed by atoms with Crippen LogP contribution in [0.4, 0.5) is 0 Å². The molecule has 0 bridgehead atoms. The van der Waals surface area contributed by atoms with Gasteiger partial charge in [-0.05, 0) is 18.9 Å². The molecule has 14 heavy (non-hydrogen) atoms. The molecule has 72 valence electrons. The zero-order valence-corrected chi connectivity index (χ0v) is 8.15. The van der Waals surface area contributed by atoms with Crippen molar-refractivity contribution in [1.82, 2.24) is 0 Å². The van der Waals surface area contributed by atoms with E-state index in [-0.39, 0.29) is 0 Å². The minimum Gasteiger partial charge on any atom is -0.493 e. The minimum atomic E-state index is 0.605. The maximum absolute atomic E-state index is 5.76. The number of hydrogen-bond donors (Lipinski definition) is 0. The van der Waals surface area contributed by atoms with E-state index in [1.807, 2.05) is 6.07 Å². The molecule has 0 spiro atoms. The Balaban J connectivity index is 2.07. The second kappa shape index (κ2) is 3.16. The van der Waals surface area contributed by atoms with Crippen molar-refractivity contribution < 1.29 is 4.74 Å². The third-order valence-corrected chi connectivity index (χ3v) is 3.29. The second-order valence-corrected chi connectivity index (χ2v) is 4.14. The first-order valence-electron chi connectivity index (χ1n) is 5.33. The van der Waals surface area contributed by atoms with Crippen LogP contribution in [0.1, 0.15) is 24.3 Å². The van der Waals surface area contributed by atoms with E-state index in [1.165, 1.54) is 18.4 Å². The van der Waals surface area contributed by atoms with Crippen LogP contribution < -0.4 is 4.74 Å². The Morgan fingerprint density at radius 2 is 2.14 bits per heavy atom. The van der Waals surface area contributed by atoms with E-state index < -0.39 is 0 Å². The van der Waals surface area contributed by atoms with Crippen LogP contribution in [0.15, 0.2) is 36.4 Å². The number of ether oxygens (including phenoxy) is 1. The Morgan fingerprint density at radius 3 is 3.14 bits per heavy atom. The van der Waals surface area contributed by atoms with E-state index in [1.54, 1.807) is 0 Å². The zero-order chi connectivity index (χ0) is 9.38. The lowest BCUT2D eigenvalue weighted by molar-refractivity contribution is 0.196. The predicted molar refractivity (Wildman–Crippen MR) is 56.5 cm³/mol. The smallest absolute Gasteiger partial charge is 0.123 e. The normalized spacial score (nSPS) is 28.9. The van der Waals surface area contributed by atoms with E-state index in [4.69, 9.17) is 4.74 Å². The standard InChI is InChI=1S/C13H14O/c1-2-6-11-10(5-1)9-14-13-8-4-3-7-12(11)13/h2-4,6-8,10-11H,1,5,9H2/t10-,11+/m0/s1. The van der Waals surface area contributed by atoms with Crippen LogP contribution in [-0.2, 0) is 0 Å². The van der Waals surface area contributed by atoms with Crippen molar-refractivity contribution >= 4 is 0 Å². The van der Waals surface area contributed by atoms with Gasteiger partial charge in [0.2, 0.25) is 0 Å². The monoisotopic (exact) mass is 186 g/mol. The van der Waals surface area contributed by atoms with Gasteiger partial charge in [0, 0.05) is 17.4 Å². The van der Waals surface area contributed by atoms with Crippen LogP contribution >= 0.6 is 0 Å². The van der Waals surface area contributed by atoms with Gasteiger partial charge in [-0.25, -0.2) is 0 Å². The molecule has 1 aliphatic heterocycles. The molecule has 3 rings (SSSR count). The molecule has 0 radical (unpaired) electrons. The number of fused-ring (bicyclic) bond motifs is 3. The molecule has 1 aromatic rings. The van der Waals surface area contributed by atoms with Gasteiger partial charge in [0.05, 0.1) is 6.61 Å². The van der Waals surface area contributed by atoms with Crippen LogP contribution in [0.5, 0.6) is 5.75 Å². The summed E-state index contributed by atoms with van der Waals surface area (Å²) in [4.78, 5) is 0. The van der Waals surface area contributed by atoms with Gasteiger partial charge in [0.25, 0.3) is 0 Å². The largest absolute Gasteiger partial charge is 0.493 e. The van der Waals surface area contributed by atoms with Gasteiger partial charge in [-0.2, -0.15) is 0 Å². The van der Waals surface area contributed by atoms with Crippen molar-refractivity contribution in [2.45, 2.75) is 18.8 Å². The van der Waals surface area contributed by atoms with Gasteiger partial charge in [-0.1, -0.05) is 30.4 Å². The van der Waals surface area contributed by atoms with Crippen LogP contribution in [0.2, 0.25) is 0 Å². The van der Waals surface area contributed by atoms with E-state index >= 15 is 0 Å². The summed E-state index contributed by atoms with van der Waals surface area (Å²) in [6, 6.07) is 8.43. The minimum absolute atomic E-state index is 0.605. The van der Waals surface area contributed by atoms with Crippen molar-refractivity contribution in [1.29, 1.82) is 0 Å². The predicted octanol–water partition coefficient (Wildman–Crippen LogP) is 3.13. The maximum Gasteiger partial charge on any atom is 0.123 e. The molecule has 1 nitrogen and oxygen atoms in total. The summed E-state index contributed by atoms with van der Waals surface area (Å²) in [7, 11) is 0. The van der Waals surface area contributed by atoms with Gasteiger partial charge in [0.1, 0.15) is 5.75 Å². The van der Waals surface area contributed by atoms with Crippen molar-refractivity contribution in [3.8, 4) is 5.75 Å². The fourth-order valence-corrected chi connectivity index (χ4v) is 2.52. The summed E-state index contributed by atoms with van der Waals surface area (Å²) >= 11 is 0. The Morgan fingerprint density at radius 1 is 1.21 bits per heavy atom. The van der Waals surface area contributed by atoms with E-state index in [9.17, 15) is 0 Å². The molecule has 0 N–H and O–H groups in total. The molecule has 2 aliphatic rings. The molecule has 0 saturated heterocycles. The van der Waals surface area contributed by atoms with Crippen LogP contribution in [0.3, 0.4) is 0 Å². The summed E-state index contributed by atoms with van der Waals surface area (Å²) in [6.07, 6.45) is 7.15. The van der Waals surface area contributed by atoms with Crippen molar-refractivity contribution in [2.75, 3.05) is 6.61 Å². The quantitative estimate of drug-likeness (QED) is 0.566. The summed E-state index contributed by atoms with van der Waals surface area (Å²) in [5.41, 5.74) is 1.37. The maximum atomic E-state index is 5.76. The molecule has 0 saturated carbocycles. The van der Waals surface area contributed by atoms with E-state index in [0.29, 0.717) is 11.8 Å². The second-order valence-electron chi connectivity index (χ2n) is 4.14. The molecule has 2 atom stereocenters. The fourth-order valence-electron chi connectivity index (χ4n) is 2.52. The highest BCUT2D eigenvalue weighted by Gasteiger charge is 2.29. The molecule has 1 heterocycles. The topological polar surface area (TPSA) is 9.23 Å². The van der Waals surface area contributed by atoms with Crippen LogP contribution in [0.25, 0.3) is 0 Å². The van der Waals surface area contributed by atoms with E-state index in [2.05, 4.69) is 30.4 Å². The number of hydrogen-bond acceptors (Lipinski definition) is 1. The number of para-hydroxylation sites is 1. The van der Waals surface area contributed by atoms with Crippen molar-refractivity contribution in [3.05, 3.63) is 42.0 Å². The van der Waals surface area contributed by atoms with Crippen LogP contribution in [-0.4, -0.2) is 6.61 Å². The van der Waals surface area contributed by atoms with Gasteiger partial charge in [-0.3, -0.25) is 0 Å². The Kier molecular flexibility index (Phi) is 1.83. The van der Waals surface area contributed by atoms with Crippen molar-refractivity contribution in [2.24, 2.45) is 5.92 Å². The number of allylic oxidation sites excluding steroid dienone is 2. The molecule has 0 amide bonds. The highest BCUT2D eigenvalue weighted by molar-refractivity contribution is 5.41. The highest BCUT2D eigenvalue weighted by atomic mass is 16.5.